The molecule has 0 rings (SSSR count). The summed E-state index contributed by atoms with van der Waals surface area (Å²) in [5.41, 5.74) is 0. The first-order chi connectivity index (χ1) is 28.0. The van der Waals surface area contributed by atoms with Crippen LogP contribution in [0.2, 0.25) is 0 Å². The Hall–Kier alpha value is -2.96. The van der Waals surface area contributed by atoms with Crippen LogP contribution in [0.25, 0.3) is 0 Å². The quantitative estimate of drug-likeness (QED) is 0.0326. The lowest BCUT2D eigenvalue weighted by molar-refractivity contribution is -0.151. The Balaban J connectivity index is 4.65. The molecule has 0 aliphatic rings. The standard InChI is InChI=1S/C51H87NO5/c1-4-7-10-13-16-19-21-22-23-24-25-26-27-29-32-35-38-41-44-51(56)57-47(42-39-36-33-31-28-20-17-14-11-8-5-2)45-50(55)52-48(46-53)49(54)43-40-37-34-30-18-15-12-9-6-3/h8,11,14,16-17,19-26,28,47-49,53-54H,4-7,9-10,12-13,15,18,27,29-46H2,1-3H3,(H,52,55)/b11-8+,17-14+,19-16+,22-21+,24-23+,26-25+,28-20-. The van der Waals surface area contributed by atoms with E-state index in [1.165, 1.54) is 57.8 Å². The molecule has 0 saturated heterocycles. The van der Waals surface area contributed by atoms with Crippen molar-refractivity contribution in [2.75, 3.05) is 6.61 Å². The van der Waals surface area contributed by atoms with E-state index in [9.17, 15) is 19.8 Å². The molecule has 0 fully saturated rings. The van der Waals surface area contributed by atoms with Gasteiger partial charge in [0.25, 0.3) is 0 Å². The zero-order chi connectivity index (χ0) is 41.7. The Kier molecular flexibility index (Phi) is 41.9. The monoisotopic (exact) mass is 794 g/mol. The maximum Gasteiger partial charge on any atom is 0.306 e. The van der Waals surface area contributed by atoms with Crippen LogP contribution in [0.5, 0.6) is 0 Å². The first-order valence-electron chi connectivity index (χ1n) is 23.4. The molecule has 0 aliphatic heterocycles. The Morgan fingerprint density at radius 3 is 1.49 bits per heavy atom. The highest BCUT2D eigenvalue weighted by Gasteiger charge is 2.24. The van der Waals surface area contributed by atoms with E-state index in [0.717, 1.165) is 96.3 Å². The number of rotatable bonds is 40. The summed E-state index contributed by atoms with van der Waals surface area (Å²) in [5, 5.41) is 23.6. The van der Waals surface area contributed by atoms with E-state index in [0.29, 0.717) is 19.3 Å². The van der Waals surface area contributed by atoms with Gasteiger partial charge in [-0.1, -0.05) is 202 Å². The third kappa shape index (κ3) is 39.6. The van der Waals surface area contributed by atoms with Crippen molar-refractivity contribution < 1.29 is 24.5 Å². The van der Waals surface area contributed by atoms with Gasteiger partial charge in [-0.25, -0.2) is 0 Å². The maximum absolute atomic E-state index is 13.1. The van der Waals surface area contributed by atoms with Crippen molar-refractivity contribution in [1.82, 2.24) is 5.32 Å². The van der Waals surface area contributed by atoms with Gasteiger partial charge in [-0.15, -0.1) is 0 Å². The summed E-state index contributed by atoms with van der Waals surface area (Å²) in [6.45, 7) is 6.25. The Morgan fingerprint density at radius 2 is 0.947 bits per heavy atom. The van der Waals surface area contributed by atoms with Crippen LogP contribution >= 0.6 is 0 Å². The van der Waals surface area contributed by atoms with Crippen molar-refractivity contribution in [3.63, 3.8) is 0 Å². The average molecular weight is 794 g/mol. The fourth-order valence-corrected chi connectivity index (χ4v) is 6.56. The zero-order valence-corrected chi connectivity index (χ0v) is 36.9. The molecular formula is C51H87NO5. The normalized spacial score (nSPS) is 14.1. The molecule has 0 heterocycles. The number of amides is 1. The smallest absolute Gasteiger partial charge is 0.306 e. The fourth-order valence-electron chi connectivity index (χ4n) is 6.56. The molecule has 0 spiro atoms. The Labute approximate surface area is 351 Å². The summed E-state index contributed by atoms with van der Waals surface area (Å²) in [5.74, 6) is -0.546. The molecular weight excluding hydrogens is 707 g/mol. The number of aliphatic hydroxyl groups excluding tert-OH is 2. The van der Waals surface area contributed by atoms with Gasteiger partial charge < -0.3 is 20.3 Å². The number of hydrogen-bond acceptors (Lipinski definition) is 5. The van der Waals surface area contributed by atoms with Crippen LogP contribution in [0, 0.1) is 0 Å². The van der Waals surface area contributed by atoms with Crippen molar-refractivity contribution in [2.45, 2.75) is 219 Å². The number of esters is 1. The van der Waals surface area contributed by atoms with Crippen molar-refractivity contribution >= 4 is 11.9 Å². The van der Waals surface area contributed by atoms with E-state index in [1.54, 1.807) is 0 Å². The molecule has 3 atom stereocenters. The van der Waals surface area contributed by atoms with Crippen LogP contribution in [0.4, 0.5) is 0 Å². The topological polar surface area (TPSA) is 95.9 Å². The number of carbonyl (C=O) groups excluding carboxylic acids is 2. The number of unbranched alkanes of at least 4 members (excludes halogenated alkanes) is 19. The molecule has 57 heavy (non-hydrogen) atoms. The highest BCUT2D eigenvalue weighted by Crippen LogP contribution is 2.16. The zero-order valence-electron chi connectivity index (χ0n) is 36.9. The molecule has 3 N–H and O–H groups in total. The number of allylic oxidation sites excluding steroid dienone is 14. The van der Waals surface area contributed by atoms with Gasteiger partial charge in [-0.2, -0.15) is 0 Å². The van der Waals surface area contributed by atoms with Crippen LogP contribution < -0.4 is 5.32 Å². The molecule has 1 amide bonds. The number of hydrogen-bond donors (Lipinski definition) is 3. The molecule has 6 heteroatoms. The second-order valence-electron chi connectivity index (χ2n) is 15.6. The van der Waals surface area contributed by atoms with Crippen LogP contribution in [-0.4, -0.2) is 46.9 Å². The minimum Gasteiger partial charge on any atom is -0.462 e. The number of ether oxygens (including phenoxy) is 1. The predicted octanol–water partition coefficient (Wildman–Crippen LogP) is 13.6. The molecule has 0 bridgehead atoms. The first kappa shape index (κ1) is 54.0. The summed E-state index contributed by atoms with van der Waals surface area (Å²) in [6.07, 6.45) is 56.4. The van der Waals surface area contributed by atoms with Gasteiger partial charge in [0, 0.05) is 6.42 Å². The van der Waals surface area contributed by atoms with E-state index in [4.69, 9.17) is 4.74 Å². The second-order valence-corrected chi connectivity index (χ2v) is 15.6. The molecule has 6 nitrogen and oxygen atoms in total. The van der Waals surface area contributed by atoms with Gasteiger partial charge in [0.05, 0.1) is 25.2 Å². The van der Waals surface area contributed by atoms with E-state index in [-0.39, 0.29) is 24.9 Å². The maximum atomic E-state index is 13.1. The Bertz CT molecular complexity index is 1120. The van der Waals surface area contributed by atoms with Gasteiger partial charge in [0.2, 0.25) is 5.91 Å². The highest BCUT2D eigenvalue weighted by atomic mass is 16.5. The lowest BCUT2D eigenvalue weighted by Gasteiger charge is -2.24. The van der Waals surface area contributed by atoms with Gasteiger partial charge in [0.15, 0.2) is 0 Å². The third-order valence-electron chi connectivity index (χ3n) is 10.1. The van der Waals surface area contributed by atoms with Gasteiger partial charge in [0.1, 0.15) is 6.10 Å². The molecule has 0 saturated carbocycles. The van der Waals surface area contributed by atoms with Crippen molar-refractivity contribution in [3.05, 3.63) is 85.1 Å². The molecule has 326 valence electrons. The number of carbonyl (C=O) groups is 2. The van der Waals surface area contributed by atoms with Gasteiger partial charge >= 0.3 is 5.97 Å². The summed E-state index contributed by atoms with van der Waals surface area (Å²) in [4.78, 5) is 26.0. The van der Waals surface area contributed by atoms with E-state index >= 15 is 0 Å². The molecule has 0 aromatic heterocycles. The van der Waals surface area contributed by atoms with E-state index in [2.05, 4.69) is 99.0 Å². The lowest BCUT2D eigenvalue weighted by Crippen LogP contribution is -2.46. The minimum absolute atomic E-state index is 0.0398. The number of aliphatic hydroxyl groups is 2. The molecule has 0 radical (unpaired) electrons. The van der Waals surface area contributed by atoms with Crippen molar-refractivity contribution in [3.8, 4) is 0 Å². The second kappa shape index (κ2) is 44.1. The largest absolute Gasteiger partial charge is 0.462 e. The van der Waals surface area contributed by atoms with Gasteiger partial charge in [-0.3, -0.25) is 9.59 Å². The minimum atomic E-state index is -0.803. The molecule has 3 unspecified atom stereocenters. The van der Waals surface area contributed by atoms with Crippen LogP contribution in [-0.2, 0) is 14.3 Å². The average Bonchev–Trinajstić information content (AvgIpc) is 3.20. The van der Waals surface area contributed by atoms with Crippen molar-refractivity contribution in [1.29, 1.82) is 0 Å². The lowest BCUT2D eigenvalue weighted by atomic mass is 10.0. The SMILES string of the molecule is CC/C=C/C=C/C=C\CCCCCC(CC(=O)NC(CO)C(O)CCCCCCCCCCC)OC(=O)CCCCCCC/C=C/C=C/C=C/C=C/CCCCC. The van der Waals surface area contributed by atoms with Crippen LogP contribution in [0.1, 0.15) is 201 Å². The van der Waals surface area contributed by atoms with Gasteiger partial charge in [-0.05, 0) is 70.6 Å². The summed E-state index contributed by atoms with van der Waals surface area (Å²) < 4.78 is 5.88. The van der Waals surface area contributed by atoms with Crippen LogP contribution in [0.15, 0.2) is 85.1 Å². The number of nitrogens with one attached hydrogen (secondary N) is 1. The molecule has 0 aliphatic carbocycles. The summed E-state index contributed by atoms with van der Waals surface area (Å²) in [7, 11) is 0. The molecule has 0 aromatic carbocycles. The third-order valence-corrected chi connectivity index (χ3v) is 10.1. The van der Waals surface area contributed by atoms with Crippen molar-refractivity contribution in [2.24, 2.45) is 0 Å². The Morgan fingerprint density at radius 1 is 0.526 bits per heavy atom. The predicted molar refractivity (Wildman–Crippen MR) is 245 cm³/mol. The fraction of sp³-hybridized carbons (Fsp3) is 0.686. The molecule has 0 aromatic rings. The van der Waals surface area contributed by atoms with Crippen LogP contribution in [0.3, 0.4) is 0 Å². The van der Waals surface area contributed by atoms with E-state index in [1.807, 2.05) is 12.2 Å². The van der Waals surface area contributed by atoms with E-state index < -0.39 is 18.2 Å². The summed E-state index contributed by atoms with van der Waals surface area (Å²) >= 11 is 0. The highest BCUT2D eigenvalue weighted by molar-refractivity contribution is 5.77. The first-order valence-corrected chi connectivity index (χ1v) is 23.4. The summed E-state index contributed by atoms with van der Waals surface area (Å²) in [6, 6.07) is -0.720.